The van der Waals surface area contributed by atoms with Crippen molar-refractivity contribution in [1.82, 2.24) is 0 Å². The maximum absolute atomic E-state index is 11.1. The quantitative estimate of drug-likeness (QED) is 0.830. The second-order valence-corrected chi connectivity index (χ2v) is 10.2. The Morgan fingerprint density at radius 2 is 1.56 bits per heavy atom. The molecule has 0 aliphatic carbocycles. The maximum Gasteiger partial charge on any atom is 0.225 e. The Balaban J connectivity index is 3.05. The molecule has 0 aliphatic rings. The molecular formula is C15H24O2Si. The van der Waals surface area contributed by atoms with Gasteiger partial charge in [-0.1, -0.05) is 52.0 Å². The molecular weight excluding hydrogens is 240 g/mol. The molecule has 1 N–H and O–H groups in total. The zero-order chi connectivity index (χ0) is 13.9. The van der Waals surface area contributed by atoms with Gasteiger partial charge in [-0.3, -0.25) is 4.79 Å². The van der Waals surface area contributed by atoms with Crippen molar-refractivity contribution >= 4 is 19.3 Å². The SMILES string of the molecule is CC(=O)Cc1ccc([Si](O)(C(C)C)C(C)C)cc1. The van der Waals surface area contributed by atoms with Gasteiger partial charge in [0, 0.05) is 6.42 Å². The van der Waals surface area contributed by atoms with E-state index >= 15 is 0 Å². The summed E-state index contributed by atoms with van der Waals surface area (Å²) in [6, 6.07) is 7.95. The summed E-state index contributed by atoms with van der Waals surface area (Å²) < 4.78 is 0. The van der Waals surface area contributed by atoms with Crippen LogP contribution in [0.2, 0.25) is 11.1 Å². The van der Waals surface area contributed by atoms with Crippen molar-refractivity contribution in [3.8, 4) is 0 Å². The lowest BCUT2D eigenvalue weighted by Crippen LogP contribution is -2.53. The minimum atomic E-state index is -2.43. The Bertz CT molecular complexity index is 399. The number of Topliss-reactive ketones (excluding diaryl/α,β-unsaturated/α-hetero) is 1. The Hall–Kier alpha value is -0.933. The van der Waals surface area contributed by atoms with Crippen molar-refractivity contribution in [2.75, 3.05) is 0 Å². The summed E-state index contributed by atoms with van der Waals surface area (Å²) in [5, 5.41) is 1.07. The van der Waals surface area contributed by atoms with Gasteiger partial charge in [0.2, 0.25) is 8.32 Å². The van der Waals surface area contributed by atoms with E-state index in [1.165, 1.54) is 0 Å². The van der Waals surface area contributed by atoms with Gasteiger partial charge in [0.25, 0.3) is 0 Å². The zero-order valence-corrected chi connectivity index (χ0v) is 13.0. The topological polar surface area (TPSA) is 37.3 Å². The molecule has 1 rings (SSSR count). The van der Waals surface area contributed by atoms with Crippen LogP contribution in [0.3, 0.4) is 0 Å². The van der Waals surface area contributed by atoms with E-state index in [0.717, 1.165) is 10.8 Å². The van der Waals surface area contributed by atoms with Gasteiger partial charge in [0.1, 0.15) is 5.78 Å². The summed E-state index contributed by atoms with van der Waals surface area (Å²) in [6.07, 6.45) is 0.476. The molecule has 0 fully saturated rings. The molecule has 0 bridgehead atoms. The van der Waals surface area contributed by atoms with Crippen LogP contribution in [0.4, 0.5) is 0 Å². The lowest BCUT2D eigenvalue weighted by Gasteiger charge is -2.33. The summed E-state index contributed by atoms with van der Waals surface area (Å²) in [4.78, 5) is 22.1. The third-order valence-corrected chi connectivity index (χ3v) is 8.41. The third-order valence-electron chi connectivity index (χ3n) is 3.63. The van der Waals surface area contributed by atoms with Crippen molar-refractivity contribution in [3.63, 3.8) is 0 Å². The Kier molecular flexibility index (Phi) is 4.88. The fourth-order valence-corrected chi connectivity index (χ4v) is 5.88. The smallest absolute Gasteiger partial charge is 0.225 e. The number of ketones is 1. The van der Waals surface area contributed by atoms with Gasteiger partial charge in [0.05, 0.1) is 0 Å². The molecule has 1 aromatic rings. The highest BCUT2D eigenvalue weighted by atomic mass is 28.4. The van der Waals surface area contributed by atoms with E-state index in [0.29, 0.717) is 6.42 Å². The zero-order valence-electron chi connectivity index (χ0n) is 12.0. The van der Waals surface area contributed by atoms with Gasteiger partial charge in [-0.05, 0) is 28.8 Å². The molecule has 0 aromatic heterocycles. The first-order valence-electron chi connectivity index (χ1n) is 6.59. The monoisotopic (exact) mass is 264 g/mol. The Labute approximate surface area is 111 Å². The van der Waals surface area contributed by atoms with Gasteiger partial charge in [0.15, 0.2) is 0 Å². The summed E-state index contributed by atoms with van der Waals surface area (Å²) in [6.45, 7) is 9.97. The summed E-state index contributed by atoms with van der Waals surface area (Å²) in [5.41, 5.74) is 1.60. The van der Waals surface area contributed by atoms with E-state index in [2.05, 4.69) is 27.7 Å². The highest BCUT2D eigenvalue weighted by Gasteiger charge is 2.40. The van der Waals surface area contributed by atoms with Crippen molar-refractivity contribution in [2.24, 2.45) is 0 Å². The largest absolute Gasteiger partial charge is 0.427 e. The van der Waals surface area contributed by atoms with Crippen LogP contribution in [-0.2, 0) is 11.2 Å². The molecule has 0 radical (unpaired) electrons. The predicted molar refractivity (Wildman–Crippen MR) is 78.6 cm³/mol. The molecule has 2 nitrogen and oxygen atoms in total. The van der Waals surface area contributed by atoms with Crippen LogP contribution in [0, 0.1) is 0 Å². The average Bonchev–Trinajstić information content (AvgIpc) is 2.27. The molecule has 100 valence electrons. The highest BCUT2D eigenvalue weighted by Crippen LogP contribution is 2.29. The molecule has 0 saturated heterocycles. The second kappa shape index (κ2) is 5.80. The van der Waals surface area contributed by atoms with Crippen LogP contribution >= 0.6 is 0 Å². The van der Waals surface area contributed by atoms with E-state index in [4.69, 9.17) is 0 Å². The highest BCUT2D eigenvalue weighted by molar-refractivity contribution is 6.87. The standard InChI is InChI=1S/C15H24O2Si/c1-11(2)18(17,12(3)4)15-8-6-14(7-9-15)10-13(5)16/h6-9,11-12,17H,10H2,1-5H3. The van der Waals surface area contributed by atoms with Gasteiger partial charge in [-0.2, -0.15) is 0 Å². The Morgan fingerprint density at radius 1 is 1.11 bits per heavy atom. The third kappa shape index (κ3) is 3.09. The van der Waals surface area contributed by atoms with Gasteiger partial charge in [-0.15, -0.1) is 0 Å². The molecule has 0 spiro atoms. The van der Waals surface area contributed by atoms with E-state index in [-0.39, 0.29) is 16.9 Å². The first-order chi connectivity index (χ1) is 8.28. The Morgan fingerprint density at radius 3 is 1.89 bits per heavy atom. The van der Waals surface area contributed by atoms with E-state index < -0.39 is 8.32 Å². The van der Waals surface area contributed by atoms with Crippen molar-refractivity contribution in [3.05, 3.63) is 29.8 Å². The fourth-order valence-electron chi connectivity index (χ4n) is 2.51. The fraction of sp³-hybridized carbons (Fsp3) is 0.533. The molecule has 0 amide bonds. The first kappa shape index (κ1) is 15.1. The number of rotatable bonds is 5. The van der Waals surface area contributed by atoms with Gasteiger partial charge >= 0.3 is 0 Å². The molecule has 1 aromatic carbocycles. The first-order valence-corrected chi connectivity index (χ1v) is 8.69. The van der Waals surface area contributed by atoms with Crippen molar-refractivity contribution in [1.29, 1.82) is 0 Å². The predicted octanol–water partition coefficient (Wildman–Crippen LogP) is 2.78. The van der Waals surface area contributed by atoms with E-state index in [1.807, 2.05) is 24.3 Å². The normalized spacial score (nSPS) is 12.2. The number of hydrogen-bond acceptors (Lipinski definition) is 2. The van der Waals surface area contributed by atoms with Crippen LogP contribution < -0.4 is 5.19 Å². The van der Waals surface area contributed by atoms with Crippen LogP contribution in [-0.4, -0.2) is 18.9 Å². The van der Waals surface area contributed by atoms with Crippen molar-refractivity contribution < 1.29 is 9.59 Å². The number of benzene rings is 1. The summed E-state index contributed by atoms with van der Waals surface area (Å²) in [7, 11) is -2.43. The number of carbonyl (C=O) groups is 1. The molecule has 0 heterocycles. The van der Waals surface area contributed by atoms with Gasteiger partial charge < -0.3 is 4.80 Å². The molecule has 0 aliphatic heterocycles. The van der Waals surface area contributed by atoms with Crippen LogP contribution in [0.25, 0.3) is 0 Å². The van der Waals surface area contributed by atoms with Crippen LogP contribution in [0.15, 0.2) is 24.3 Å². The molecule has 18 heavy (non-hydrogen) atoms. The maximum atomic E-state index is 11.1. The van der Waals surface area contributed by atoms with Crippen LogP contribution in [0.5, 0.6) is 0 Å². The molecule has 0 atom stereocenters. The summed E-state index contributed by atoms with van der Waals surface area (Å²) in [5.74, 6) is 0.169. The lowest BCUT2D eigenvalue weighted by molar-refractivity contribution is -0.116. The molecule has 0 unspecified atom stereocenters. The minimum absolute atomic E-state index is 0.169. The lowest BCUT2D eigenvalue weighted by atomic mass is 10.1. The van der Waals surface area contributed by atoms with E-state index in [9.17, 15) is 9.59 Å². The van der Waals surface area contributed by atoms with Gasteiger partial charge in [-0.25, -0.2) is 0 Å². The summed E-state index contributed by atoms with van der Waals surface area (Å²) >= 11 is 0. The van der Waals surface area contributed by atoms with E-state index in [1.54, 1.807) is 6.92 Å². The van der Waals surface area contributed by atoms with Crippen molar-refractivity contribution in [2.45, 2.75) is 52.1 Å². The number of carbonyl (C=O) groups excluding carboxylic acids is 1. The molecule has 0 saturated carbocycles. The minimum Gasteiger partial charge on any atom is -0.427 e. The average molecular weight is 264 g/mol. The van der Waals surface area contributed by atoms with Crippen LogP contribution in [0.1, 0.15) is 40.2 Å². The second-order valence-electron chi connectivity index (χ2n) is 5.71. The number of hydrogen-bond donors (Lipinski definition) is 1. The molecule has 3 heteroatoms.